The van der Waals surface area contributed by atoms with Crippen molar-refractivity contribution >= 4 is 0 Å². The van der Waals surface area contributed by atoms with Crippen LogP contribution in [0.2, 0.25) is 0 Å². The highest BCUT2D eigenvalue weighted by Gasteiger charge is 2.46. The average Bonchev–Trinajstić information content (AvgIpc) is 3.32. The second-order valence-corrected chi connectivity index (χ2v) is 9.09. The van der Waals surface area contributed by atoms with E-state index in [4.69, 9.17) is 4.74 Å². The van der Waals surface area contributed by atoms with Crippen LogP contribution in [0.15, 0.2) is 54.6 Å². The van der Waals surface area contributed by atoms with Gasteiger partial charge in [-0.25, -0.2) is 0 Å². The Hall–Kier alpha value is -1.84. The molecule has 1 aliphatic heterocycles. The molecule has 4 rings (SSSR count). The minimum absolute atomic E-state index is 0.0674. The molecule has 3 heteroatoms. The summed E-state index contributed by atoms with van der Waals surface area (Å²) in [6.07, 6.45) is 8.47. The van der Waals surface area contributed by atoms with E-state index in [1.807, 2.05) is 19.1 Å². The molecule has 3 nitrogen and oxygen atoms in total. The molecule has 0 aromatic heterocycles. The second kappa shape index (κ2) is 9.98. The number of hydrogen-bond donors (Lipinski definition) is 1. The molecule has 2 atom stereocenters. The van der Waals surface area contributed by atoms with Crippen molar-refractivity contribution in [1.29, 1.82) is 0 Å². The normalized spacial score (nSPS) is 21.3. The Labute approximate surface area is 182 Å². The maximum Gasteiger partial charge on any atom is 0.119 e. The fourth-order valence-electron chi connectivity index (χ4n) is 5.66. The smallest absolute Gasteiger partial charge is 0.119 e. The number of nitrogens with zero attached hydrogens (tertiary/aromatic N) is 1. The summed E-state index contributed by atoms with van der Waals surface area (Å²) in [7, 11) is 0. The highest BCUT2D eigenvalue weighted by Crippen LogP contribution is 2.49. The van der Waals surface area contributed by atoms with E-state index < -0.39 is 5.60 Å². The Bertz CT molecular complexity index is 763. The molecule has 1 heterocycles. The molecule has 1 saturated heterocycles. The van der Waals surface area contributed by atoms with Crippen LogP contribution in [0, 0.1) is 5.92 Å². The molecular formula is C27H37NO2. The van der Waals surface area contributed by atoms with Crippen LogP contribution in [-0.4, -0.2) is 36.2 Å². The van der Waals surface area contributed by atoms with Crippen LogP contribution in [0.5, 0.6) is 5.75 Å². The van der Waals surface area contributed by atoms with E-state index in [0.29, 0.717) is 6.61 Å². The van der Waals surface area contributed by atoms with E-state index in [1.54, 1.807) is 0 Å². The van der Waals surface area contributed by atoms with Gasteiger partial charge in [-0.2, -0.15) is 0 Å². The number of likely N-dealkylation sites (tertiary alicyclic amines) is 1. The maximum absolute atomic E-state index is 12.6. The zero-order chi connectivity index (χ0) is 20.8. The third-order valence-corrected chi connectivity index (χ3v) is 7.23. The minimum atomic E-state index is -0.866. The zero-order valence-corrected chi connectivity index (χ0v) is 18.4. The van der Waals surface area contributed by atoms with Crippen molar-refractivity contribution in [3.63, 3.8) is 0 Å². The summed E-state index contributed by atoms with van der Waals surface area (Å²) in [5, 5.41) is 12.6. The van der Waals surface area contributed by atoms with Crippen LogP contribution in [0.1, 0.15) is 68.9 Å². The first kappa shape index (κ1) is 21.4. The standard InChI is InChI=1S/C27H37NO2/c1-2-30-25-17-15-24(16-18-25)27(29,23-13-7-4-8-14-23)26(21-28-19-9-10-20-28)22-11-5-3-6-12-22/h3,5-6,11-12,15-18,23,26,29H,2,4,7-10,13-14,19-21H2,1H3/t26-,27+/m1/s1. The van der Waals surface area contributed by atoms with Crippen LogP contribution in [0.3, 0.4) is 0 Å². The predicted octanol–water partition coefficient (Wildman–Crippen LogP) is 5.73. The molecule has 0 unspecified atom stereocenters. The molecule has 0 amide bonds. The maximum atomic E-state index is 12.6. The molecule has 0 radical (unpaired) electrons. The minimum Gasteiger partial charge on any atom is -0.494 e. The number of ether oxygens (including phenoxy) is 1. The quantitative estimate of drug-likeness (QED) is 0.606. The summed E-state index contributed by atoms with van der Waals surface area (Å²) < 4.78 is 5.68. The van der Waals surface area contributed by atoms with Crippen LogP contribution in [0.25, 0.3) is 0 Å². The van der Waals surface area contributed by atoms with Crippen molar-refractivity contribution in [2.45, 2.75) is 63.4 Å². The van der Waals surface area contributed by atoms with Gasteiger partial charge in [-0.15, -0.1) is 0 Å². The summed E-state index contributed by atoms with van der Waals surface area (Å²) in [6.45, 7) is 5.88. The number of benzene rings is 2. The van der Waals surface area contributed by atoms with E-state index in [9.17, 15) is 5.11 Å². The van der Waals surface area contributed by atoms with Gasteiger partial charge in [0.25, 0.3) is 0 Å². The van der Waals surface area contributed by atoms with Gasteiger partial charge in [0, 0.05) is 12.5 Å². The Morgan fingerprint density at radius 2 is 1.60 bits per heavy atom. The van der Waals surface area contributed by atoms with Crippen molar-refractivity contribution < 1.29 is 9.84 Å². The molecule has 2 aliphatic rings. The highest BCUT2D eigenvalue weighted by molar-refractivity contribution is 5.36. The van der Waals surface area contributed by atoms with Gasteiger partial charge in [0.1, 0.15) is 11.4 Å². The SMILES string of the molecule is CCOc1ccc([C@@](O)(C2CCCCC2)[C@H](CN2CCCC2)c2ccccc2)cc1. The molecule has 0 bridgehead atoms. The lowest BCUT2D eigenvalue weighted by Crippen LogP contribution is -2.46. The molecule has 162 valence electrons. The Balaban J connectivity index is 1.75. The molecule has 1 N–H and O–H groups in total. The van der Waals surface area contributed by atoms with E-state index in [1.165, 1.54) is 37.7 Å². The van der Waals surface area contributed by atoms with Gasteiger partial charge >= 0.3 is 0 Å². The van der Waals surface area contributed by atoms with Crippen molar-refractivity contribution in [2.24, 2.45) is 5.92 Å². The van der Waals surface area contributed by atoms with Crippen LogP contribution in [-0.2, 0) is 5.60 Å². The number of aliphatic hydroxyl groups is 1. The first-order valence-electron chi connectivity index (χ1n) is 11.9. The number of rotatable bonds is 8. The van der Waals surface area contributed by atoms with Gasteiger partial charge in [-0.05, 0) is 74.9 Å². The third kappa shape index (κ3) is 4.58. The lowest BCUT2D eigenvalue weighted by molar-refractivity contribution is -0.0690. The third-order valence-electron chi connectivity index (χ3n) is 7.23. The van der Waals surface area contributed by atoms with Gasteiger partial charge in [0.05, 0.1) is 6.61 Å². The van der Waals surface area contributed by atoms with Crippen molar-refractivity contribution in [1.82, 2.24) is 4.90 Å². The second-order valence-electron chi connectivity index (χ2n) is 9.09. The van der Waals surface area contributed by atoms with Crippen LogP contribution in [0.4, 0.5) is 0 Å². The molecule has 1 saturated carbocycles. The number of hydrogen-bond acceptors (Lipinski definition) is 3. The molecule has 30 heavy (non-hydrogen) atoms. The topological polar surface area (TPSA) is 32.7 Å². The fourth-order valence-corrected chi connectivity index (χ4v) is 5.66. The average molecular weight is 408 g/mol. The lowest BCUT2D eigenvalue weighted by Gasteiger charge is -2.46. The molecule has 2 aromatic rings. The summed E-state index contributed by atoms with van der Waals surface area (Å²) in [5.41, 5.74) is 1.44. The highest BCUT2D eigenvalue weighted by atomic mass is 16.5. The van der Waals surface area contributed by atoms with Gasteiger partial charge in [0.15, 0.2) is 0 Å². The van der Waals surface area contributed by atoms with Gasteiger partial charge in [-0.3, -0.25) is 0 Å². The predicted molar refractivity (Wildman–Crippen MR) is 123 cm³/mol. The summed E-state index contributed by atoms with van der Waals surface area (Å²) in [5.74, 6) is 1.23. The summed E-state index contributed by atoms with van der Waals surface area (Å²) in [4.78, 5) is 2.56. The fraction of sp³-hybridized carbons (Fsp3) is 0.556. The first-order valence-corrected chi connectivity index (χ1v) is 11.9. The van der Waals surface area contributed by atoms with Crippen molar-refractivity contribution in [3.05, 3.63) is 65.7 Å². The Morgan fingerprint density at radius 1 is 0.933 bits per heavy atom. The van der Waals surface area contributed by atoms with Crippen molar-refractivity contribution in [2.75, 3.05) is 26.2 Å². The van der Waals surface area contributed by atoms with E-state index in [0.717, 1.165) is 43.8 Å². The van der Waals surface area contributed by atoms with E-state index in [-0.39, 0.29) is 11.8 Å². The Morgan fingerprint density at radius 3 is 2.23 bits per heavy atom. The van der Waals surface area contributed by atoms with Gasteiger partial charge < -0.3 is 14.7 Å². The molecule has 0 spiro atoms. The van der Waals surface area contributed by atoms with E-state index in [2.05, 4.69) is 47.4 Å². The zero-order valence-electron chi connectivity index (χ0n) is 18.4. The van der Waals surface area contributed by atoms with Crippen LogP contribution >= 0.6 is 0 Å². The molecule has 2 aromatic carbocycles. The van der Waals surface area contributed by atoms with Crippen LogP contribution < -0.4 is 4.74 Å². The monoisotopic (exact) mass is 407 g/mol. The largest absolute Gasteiger partial charge is 0.494 e. The van der Waals surface area contributed by atoms with Crippen molar-refractivity contribution in [3.8, 4) is 5.75 Å². The summed E-state index contributed by atoms with van der Waals surface area (Å²) >= 11 is 0. The van der Waals surface area contributed by atoms with Gasteiger partial charge in [-0.1, -0.05) is 61.7 Å². The molecule has 2 fully saturated rings. The molecular weight excluding hydrogens is 370 g/mol. The van der Waals surface area contributed by atoms with E-state index >= 15 is 0 Å². The van der Waals surface area contributed by atoms with Gasteiger partial charge in [0.2, 0.25) is 0 Å². The first-order chi connectivity index (χ1) is 14.7. The summed E-state index contributed by atoms with van der Waals surface area (Å²) in [6, 6.07) is 19.0. The molecule has 1 aliphatic carbocycles. The lowest BCUT2D eigenvalue weighted by atomic mass is 9.65. The Kier molecular flexibility index (Phi) is 7.12.